The molecule has 2 aromatic rings. The van der Waals surface area contributed by atoms with Crippen LogP contribution in [0.4, 0.5) is 0 Å². The van der Waals surface area contributed by atoms with Gasteiger partial charge in [-0.1, -0.05) is 0 Å². The quantitative estimate of drug-likeness (QED) is 0.782. The average molecular weight is 236 g/mol. The maximum atomic E-state index is 10.8. The average Bonchev–Trinajstić information content (AvgIpc) is 2.44. The van der Waals surface area contributed by atoms with Crippen molar-refractivity contribution in [2.45, 2.75) is 0 Å². The van der Waals surface area contributed by atoms with Gasteiger partial charge in [-0.3, -0.25) is 19.2 Å². The minimum absolute atomic E-state index is 0.0828. The van der Waals surface area contributed by atoms with Crippen molar-refractivity contribution < 1.29 is 19.2 Å². The lowest BCUT2D eigenvalue weighted by molar-refractivity contribution is 0.560. The predicted octanol–water partition coefficient (Wildman–Crippen LogP) is 0.671. The molecule has 0 atom stereocenters. The second-order valence-electron chi connectivity index (χ2n) is 3.48. The molecule has 0 saturated carbocycles. The standard InChI is InChI=1S/C14H4O4/c15-5-9-1-2-10(6-16)14-12(8-18)4-3-11(7-17)13(9)14/h1-4H. The molecule has 2 rings (SSSR count). The molecule has 4 radical (unpaired) electrons. The van der Waals surface area contributed by atoms with E-state index in [2.05, 4.69) is 0 Å². The third kappa shape index (κ3) is 1.64. The third-order valence-electron chi connectivity index (χ3n) is 2.60. The van der Waals surface area contributed by atoms with E-state index in [-0.39, 0.29) is 33.0 Å². The fourth-order valence-electron chi connectivity index (χ4n) is 1.84. The fraction of sp³-hybridized carbons (Fsp3) is 0. The van der Waals surface area contributed by atoms with Crippen molar-refractivity contribution >= 4 is 35.9 Å². The van der Waals surface area contributed by atoms with E-state index in [0.717, 1.165) is 0 Å². The lowest BCUT2D eigenvalue weighted by Crippen LogP contribution is -1.98. The molecule has 0 heterocycles. The van der Waals surface area contributed by atoms with Gasteiger partial charge in [-0.05, 0) is 24.3 Å². The van der Waals surface area contributed by atoms with E-state index in [0.29, 0.717) is 0 Å². The topological polar surface area (TPSA) is 68.3 Å². The highest BCUT2D eigenvalue weighted by Gasteiger charge is 2.14. The van der Waals surface area contributed by atoms with Crippen LogP contribution in [0.2, 0.25) is 0 Å². The first-order valence-electron chi connectivity index (χ1n) is 4.89. The first kappa shape index (κ1) is 11.9. The monoisotopic (exact) mass is 236 g/mol. The Morgan fingerprint density at radius 3 is 0.889 bits per heavy atom. The molecule has 4 heteroatoms. The summed E-state index contributed by atoms with van der Waals surface area (Å²) in [6.07, 6.45) is 6.64. The van der Waals surface area contributed by atoms with Crippen LogP contribution in [0.3, 0.4) is 0 Å². The lowest BCUT2D eigenvalue weighted by atomic mass is 9.93. The van der Waals surface area contributed by atoms with E-state index in [1.807, 2.05) is 0 Å². The van der Waals surface area contributed by atoms with E-state index in [1.54, 1.807) is 25.1 Å². The van der Waals surface area contributed by atoms with Gasteiger partial charge in [0.15, 0.2) is 0 Å². The molecule has 0 aliphatic heterocycles. The Kier molecular flexibility index (Phi) is 3.10. The molecule has 0 aromatic heterocycles. The smallest absolute Gasteiger partial charge is 0.234 e. The van der Waals surface area contributed by atoms with Gasteiger partial charge in [-0.25, -0.2) is 0 Å². The molecule has 84 valence electrons. The van der Waals surface area contributed by atoms with Crippen molar-refractivity contribution in [1.29, 1.82) is 0 Å². The van der Waals surface area contributed by atoms with E-state index < -0.39 is 0 Å². The van der Waals surface area contributed by atoms with Crippen molar-refractivity contribution in [2.75, 3.05) is 0 Å². The maximum absolute atomic E-state index is 10.8. The van der Waals surface area contributed by atoms with Crippen molar-refractivity contribution in [3.63, 3.8) is 0 Å². The van der Waals surface area contributed by atoms with Crippen LogP contribution in [0.5, 0.6) is 0 Å². The van der Waals surface area contributed by atoms with Crippen LogP contribution in [-0.4, -0.2) is 25.1 Å². The molecule has 0 fully saturated rings. The van der Waals surface area contributed by atoms with Crippen LogP contribution in [0.25, 0.3) is 10.8 Å². The summed E-state index contributed by atoms with van der Waals surface area (Å²) in [6, 6.07) is 5.35. The van der Waals surface area contributed by atoms with Crippen LogP contribution >= 0.6 is 0 Å². The normalized spacial score (nSPS) is 10.0. The molecule has 18 heavy (non-hydrogen) atoms. The van der Waals surface area contributed by atoms with Crippen LogP contribution in [0, 0.1) is 0 Å². The summed E-state index contributed by atoms with van der Waals surface area (Å²) < 4.78 is 0. The molecular weight excluding hydrogens is 232 g/mol. The van der Waals surface area contributed by atoms with Gasteiger partial charge < -0.3 is 0 Å². The number of rotatable bonds is 4. The van der Waals surface area contributed by atoms with Gasteiger partial charge in [0.05, 0.1) is 0 Å². The Balaban J connectivity index is 3.11. The van der Waals surface area contributed by atoms with Crippen LogP contribution in [0.15, 0.2) is 24.3 Å². The highest BCUT2D eigenvalue weighted by atomic mass is 16.1. The highest BCUT2D eigenvalue weighted by Crippen LogP contribution is 2.26. The van der Waals surface area contributed by atoms with Crippen LogP contribution < -0.4 is 0 Å². The molecule has 0 spiro atoms. The Morgan fingerprint density at radius 1 is 0.500 bits per heavy atom. The minimum atomic E-state index is 0.0828. The zero-order chi connectivity index (χ0) is 13.1. The van der Waals surface area contributed by atoms with Crippen molar-refractivity contribution in [3.8, 4) is 0 Å². The van der Waals surface area contributed by atoms with Gasteiger partial charge in [0.25, 0.3) is 0 Å². The SMILES string of the molecule is O=[C]c1ccc([C]=O)c2c([C]=O)ccc([C]=O)c12. The van der Waals surface area contributed by atoms with Crippen LogP contribution in [0.1, 0.15) is 22.3 Å². The molecule has 0 N–H and O–H groups in total. The van der Waals surface area contributed by atoms with Gasteiger partial charge in [0.1, 0.15) is 0 Å². The Labute approximate surface area is 102 Å². The van der Waals surface area contributed by atoms with E-state index in [4.69, 9.17) is 0 Å². The zero-order valence-corrected chi connectivity index (χ0v) is 8.94. The summed E-state index contributed by atoms with van der Waals surface area (Å²) in [6.45, 7) is 0. The summed E-state index contributed by atoms with van der Waals surface area (Å²) in [4.78, 5) is 43.3. The number of hydrogen-bond acceptors (Lipinski definition) is 4. The number of benzene rings is 2. The van der Waals surface area contributed by atoms with Gasteiger partial charge in [0, 0.05) is 33.0 Å². The number of fused-ring (bicyclic) bond motifs is 1. The summed E-state index contributed by atoms with van der Waals surface area (Å²) in [5.74, 6) is 0. The second-order valence-corrected chi connectivity index (χ2v) is 3.48. The van der Waals surface area contributed by atoms with Crippen molar-refractivity contribution in [1.82, 2.24) is 0 Å². The van der Waals surface area contributed by atoms with Gasteiger partial charge in [-0.2, -0.15) is 0 Å². The first-order valence-corrected chi connectivity index (χ1v) is 4.89. The Hall–Kier alpha value is -2.62. The van der Waals surface area contributed by atoms with Crippen molar-refractivity contribution in [3.05, 3.63) is 46.5 Å². The summed E-state index contributed by atoms with van der Waals surface area (Å²) in [7, 11) is 0. The molecule has 2 aromatic carbocycles. The molecule has 0 aliphatic rings. The first-order chi connectivity index (χ1) is 8.76. The minimum Gasteiger partial charge on any atom is -0.285 e. The molecule has 0 unspecified atom stereocenters. The highest BCUT2D eigenvalue weighted by molar-refractivity contribution is 6.16. The molecular formula is C14H4O4. The third-order valence-corrected chi connectivity index (χ3v) is 2.60. The Morgan fingerprint density at radius 2 is 0.722 bits per heavy atom. The molecule has 0 saturated heterocycles. The summed E-state index contributed by atoms with van der Waals surface area (Å²) in [5, 5.41) is 0.336. The second kappa shape index (κ2) is 4.71. The molecule has 0 aliphatic carbocycles. The lowest BCUT2D eigenvalue weighted by Gasteiger charge is -2.07. The zero-order valence-electron chi connectivity index (χ0n) is 8.94. The van der Waals surface area contributed by atoms with Crippen LogP contribution in [-0.2, 0) is 19.2 Å². The number of hydrogen-bond donors (Lipinski definition) is 0. The maximum Gasteiger partial charge on any atom is 0.234 e. The van der Waals surface area contributed by atoms with E-state index in [1.165, 1.54) is 24.3 Å². The number of carbonyl (C=O) groups excluding carboxylic acids is 4. The summed E-state index contributed by atoms with van der Waals surface area (Å²) >= 11 is 0. The molecule has 4 nitrogen and oxygen atoms in total. The largest absolute Gasteiger partial charge is 0.285 e. The van der Waals surface area contributed by atoms with Gasteiger partial charge >= 0.3 is 0 Å². The summed E-state index contributed by atoms with van der Waals surface area (Å²) in [5.41, 5.74) is 0.331. The van der Waals surface area contributed by atoms with E-state index >= 15 is 0 Å². The fourth-order valence-corrected chi connectivity index (χ4v) is 1.84. The van der Waals surface area contributed by atoms with Gasteiger partial charge in [-0.15, -0.1) is 0 Å². The Bertz CT molecular complexity index is 558. The van der Waals surface area contributed by atoms with E-state index in [9.17, 15) is 19.2 Å². The molecule has 0 bridgehead atoms. The van der Waals surface area contributed by atoms with Crippen molar-refractivity contribution in [2.24, 2.45) is 0 Å². The van der Waals surface area contributed by atoms with Gasteiger partial charge in [0.2, 0.25) is 25.1 Å². The molecule has 0 amide bonds. The predicted molar refractivity (Wildman–Crippen MR) is 63.1 cm³/mol.